The number of hydrogen-bond donors (Lipinski definition) is 1. The predicted molar refractivity (Wildman–Crippen MR) is 84.8 cm³/mol. The second kappa shape index (κ2) is 6.19. The summed E-state index contributed by atoms with van der Waals surface area (Å²) in [5.41, 5.74) is -0.499. The van der Waals surface area contributed by atoms with Gasteiger partial charge in [-0.2, -0.15) is 5.26 Å². The largest absolute Gasteiger partial charge is 0.465 e. The van der Waals surface area contributed by atoms with E-state index >= 15 is 0 Å². The molecular weight excluding hydrogens is 332 g/mol. The maximum absolute atomic E-state index is 11.0. The first-order valence-electron chi connectivity index (χ1n) is 6.92. The monoisotopic (exact) mass is 342 g/mol. The van der Waals surface area contributed by atoms with E-state index in [1.54, 1.807) is 29.5 Å². The first-order chi connectivity index (χ1) is 11.5. The van der Waals surface area contributed by atoms with E-state index in [1.807, 2.05) is 0 Å². The number of aliphatic imine (C=N–C) groups is 1. The molecule has 1 amide bonds. The van der Waals surface area contributed by atoms with Crippen molar-refractivity contribution in [3.63, 3.8) is 0 Å². The van der Waals surface area contributed by atoms with Gasteiger partial charge in [-0.05, 0) is 29.7 Å². The Morgan fingerprint density at radius 2 is 2.29 bits per heavy atom. The Balaban J connectivity index is 1.83. The van der Waals surface area contributed by atoms with E-state index in [2.05, 4.69) is 33.0 Å². The molecule has 1 saturated heterocycles. The highest BCUT2D eigenvalue weighted by Gasteiger charge is 2.53. The zero-order chi connectivity index (χ0) is 17.2. The number of aromatic nitrogens is 2. The van der Waals surface area contributed by atoms with Crippen molar-refractivity contribution in [1.29, 1.82) is 5.26 Å². The maximum atomic E-state index is 11.0. The summed E-state index contributed by atoms with van der Waals surface area (Å²) in [6.07, 6.45) is 4.81. The lowest BCUT2D eigenvalue weighted by Crippen LogP contribution is -2.64. The molecule has 1 aromatic heterocycles. The van der Waals surface area contributed by atoms with Crippen molar-refractivity contribution < 1.29 is 9.90 Å². The fourth-order valence-corrected chi connectivity index (χ4v) is 2.66. The van der Waals surface area contributed by atoms with E-state index in [-0.39, 0.29) is 18.4 Å². The van der Waals surface area contributed by atoms with Crippen LogP contribution in [0.5, 0.6) is 0 Å². The molecule has 24 heavy (non-hydrogen) atoms. The number of hydrogen-bond acceptors (Lipinski definition) is 6. The van der Waals surface area contributed by atoms with Crippen molar-refractivity contribution in [2.24, 2.45) is 10.4 Å². The van der Waals surface area contributed by atoms with Crippen LogP contribution in [-0.2, 0) is 0 Å². The lowest BCUT2D eigenvalue weighted by Gasteiger charge is -2.48. The number of allylic oxidation sites excluding steroid dienone is 1. The Labute approximate surface area is 142 Å². The lowest BCUT2D eigenvalue weighted by atomic mass is 9.77. The number of nitriles is 1. The average molecular weight is 343 g/mol. The summed E-state index contributed by atoms with van der Waals surface area (Å²) in [4.78, 5) is 25.8. The summed E-state index contributed by atoms with van der Waals surface area (Å²) in [6.45, 7) is 0.179. The molecule has 0 radical (unpaired) electrons. The van der Waals surface area contributed by atoms with Crippen molar-refractivity contribution in [1.82, 2.24) is 19.8 Å². The van der Waals surface area contributed by atoms with Crippen molar-refractivity contribution in [3.05, 3.63) is 35.5 Å². The number of carbonyl (C=O) groups is 1. The smallest absolute Gasteiger partial charge is 0.407 e. The molecule has 120 valence electrons. The van der Waals surface area contributed by atoms with E-state index in [0.717, 1.165) is 0 Å². The minimum atomic E-state index is -1.05. The molecule has 1 atom stereocenters. The molecule has 8 nitrogen and oxygen atoms in total. The van der Waals surface area contributed by atoms with Gasteiger partial charge in [-0.1, -0.05) is 0 Å². The Hall–Kier alpha value is -3.10. The molecule has 2 aliphatic rings. The van der Waals surface area contributed by atoms with E-state index < -0.39 is 17.7 Å². The number of nitrogens with zero attached hydrogens (tertiary/aromatic N) is 6. The quantitative estimate of drug-likeness (QED) is 0.606. The molecule has 1 fully saturated rings. The Bertz CT molecular complexity index is 828. The minimum absolute atomic E-state index is 0.0895. The molecule has 3 heterocycles. The van der Waals surface area contributed by atoms with Gasteiger partial charge in [0.25, 0.3) is 0 Å². The maximum Gasteiger partial charge on any atom is 0.407 e. The van der Waals surface area contributed by atoms with Crippen LogP contribution in [0, 0.1) is 28.7 Å². The van der Waals surface area contributed by atoms with Crippen LogP contribution in [0.3, 0.4) is 0 Å². The molecule has 3 rings (SSSR count). The van der Waals surface area contributed by atoms with Crippen LogP contribution in [0.25, 0.3) is 0 Å². The van der Waals surface area contributed by atoms with Crippen molar-refractivity contribution >= 4 is 23.9 Å². The molecule has 9 heteroatoms. The highest BCUT2D eigenvalue weighted by Crippen LogP contribution is 2.37. The van der Waals surface area contributed by atoms with E-state index in [9.17, 15) is 10.1 Å². The van der Waals surface area contributed by atoms with Gasteiger partial charge in [0, 0.05) is 37.7 Å². The number of likely N-dealkylation sites (tertiary alicyclic amines) is 1. The highest BCUT2D eigenvalue weighted by atomic mass is 35.5. The van der Waals surface area contributed by atoms with Crippen LogP contribution in [0.1, 0.15) is 5.69 Å². The normalized spacial score (nSPS) is 20.6. The van der Waals surface area contributed by atoms with Gasteiger partial charge < -0.3 is 10.0 Å². The predicted octanol–water partition coefficient (Wildman–Crippen LogP) is 1.17. The van der Waals surface area contributed by atoms with E-state index in [1.165, 1.54) is 11.1 Å². The van der Waals surface area contributed by atoms with Gasteiger partial charge in [-0.15, -0.1) is 0 Å². The second-order valence-corrected chi connectivity index (χ2v) is 5.61. The molecule has 0 aliphatic carbocycles. The van der Waals surface area contributed by atoms with Gasteiger partial charge in [0.2, 0.25) is 5.28 Å². The number of rotatable bonds is 1. The standard InChI is InChI=1S/C15H11ClN6O2/c16-13-19-5-2-11(20-13)3-7-21-6-1-4-18-12(21)15(8-17)9-22(10-15)14(23)24/h1-2,4-6,12H,9-10H2,(H,23,24). The van der Waals surface area contributed by atoms with Gasteiger partial charge >= 0.3 is 6.09 Å². The Kier molecular flexibility index (Phi) is 4.07. The fourth-order valence-electron chi connectivity index (χ4n) is 2.51. The van der Waals surface area contributed by atoms with Crippen LogP contribution in [-0.4, -0.2) is 56.4 Å². The summed E-state index contributed by atoms with van der Waals surface area (Å²) >= 11 is 5.72. The lowest BCUT2D eigenvalue weighted by molar-refractivity contribution is 0.00832. The van der Waals surface area contributed by atoms with Gasteiger partial charge in [-0.3, -0.25) is 9.89 Å². The summed E-state index contributed by atoms with van der Waals surface area (Å²) in [5, 5.41) is 18.6. The van der Waals surface area contributed by atoms with Gasteiger partial charge in [0.05, 0.1) is 6.07 Å². The van der Waals surface area contributed by atoms with Crippen LogP contribution in [0.15, 0.2) is 29.5 Å². The number of amides is 1. The third-order valence-electron chi connectivity index (χ3n) is 3.70. The van der Waals surface area contributed by atoms with Gasteiger partial charge in [0.1, 0.15) is 11.1 Å². The molecular formula is C15H11ClN6O2. The summed E-state index contributed by atoms with van der Waals surface area (Å²) in [7, 11) is 0. The minimum Gasteiger partial charge on any atom is -0.465 e. The van der Waals surface area contributed by atoms with Crippen molar-refractivity contribution in [3.8, 4) is 18.0 Å². The SMILES string of the molecule is N#CC1(C2N=CC=CN2C#Cc2ccnc(Cl)n2)CN(C(=O)O)C1. The third-order valence-corrected chi connectivity index (χ3v) is 3.88. The van der Waals surface area contributed by atoms with Crippen LogP contribution < -0.4 is 0 Å². The van der Waals surface area contributed by atoms with Crippen molar-refractivity contribution in [2.45, 2.75) is 6.17 Å². The number of carboxylic acid groups (broad SMARTS) is 1. The van der Waals surface area contributed by atoms with Crippen LogP contribution in [0.4, 0.5) is 4.79 Å². The van der Waals surface area contributed by atoms with E-state index in [4.69, 9.17) is 16.7 Å². The molecule has 0 saturated carbocycles. The summed E-state index contributed by atoms with van der Waals surface area (Å²) in [6, 6.07) is 6.69. The summed E-state index contributed by atoms with van der Waals surface area (Å²) < 4.78 is 0. The van der Waals surface area contributed by atoms with E-state index in [0.29, 0.717) is 5.69 Å². The molecule has 1 unspecified atom stereocenters. The molecule has 0 aromatic carbocycles. The highest BCUT2D eigenvalue weighted by molar-refractivity contribution is 6.28. The zero-order valence-corrected chi connectivity index (χ0v) is 13.1. The van der Waals surface area contributed by atoms with Crippen LogP contribution in [0.2, 0.25) is 5.28 Å². The molecule has 0 spiro atoms. The first kappa shape index (κ1) is 15.8. The number of halogens is 1. The van der Waals surface area contributed by atoms with Crippen molar-refractivity contribution in [2.75, 3.05) is 13.1 Å². The Morgan fingerprint density at radius 1 is 1.50 bits per heavy atom. The Morgan fingerprint density at radius 3 is 2.96 bits per heavy atom. The summed E-state index contributed by atoms with van der Waals surface area (Å²) in [5.74, 6) is 2.84. The third kappa shape index (κ3) is 2.87. The first-order valence-corrected chi connectivity index (χ1v) is 7.29. The zero-order valence-electron chi connectivity index (χ0n) is 12.3. The second-order valence-electron chi connectivity index (χ2n) is 5.27. The van der Waals surface area contributed by atoms with Gasteiger partial charge in [0.15, 0.2) is 6.17 Å². The fraction of sp³-hybridized carbons (Fsp3) is 0.267. The molecule has 2 aliphatic heterocycles. The van der Waals surface area contributed by atoms with Gasteiger partial charge in [-0.25, -0.2) is 14.8 Å². The average Bonchev–Trinajstić information content (AvgIpc) is 2.53. The molecule has 1 aromatic rings. The topological polar surface area (TPSA) is 106 Å². The van der Waals surface area contributed by atoms with Crippen LogP contribution >= 0.6 is 11.6 Å². The molecule has 0 bridgehead atoms. The molecule has 1 N–H and O–H groups in total.